The quantitative estimate of drug-likeness (QED) is 0.860. The Labute approximate surface area is 105 Å². The first kappa shape index (κ1) is 12.2. The summed E-state index contributed by atoms with van der Waals surface area (Å²) in [5.41, 5.74) is 8.77. The lowest BCUT2D eigenvalue weighted by atomic mass is 10.2. The number of aryl methyl sites for hydroxylation is 2. The number of nitrogens with two attached hydrogens (primary N) is 1. The normalized spacial score (nSPS) is 10.5. The second kappa shape index (κ2) is 4.91. The predicted octanol–water partition coefficient (Wildman–Crippen LogP) is 1.78. The SMILES string of the molecule is Cc1ccc(-n2ncc(CCC(=O)O)c2N)cc1. The van der Waals surface area contributed by atoms with Gasteiger partial charge in [0.25, 0.3) is 0 Å². The van der Waals surface area contributed by atoms with Gasteiger partial charge >= 0.3 is 5.97 Å². The molecule has 1 aromatic heterocycles. The van der Waals surface area contributed by atoms with Gasteiger partial charge in [-0.2, -0.15) is 5.10 Å². The first-order chi connectivity index (χ1) is 8.58. The van der Waals surface area contributed by atoms with Crippen molar-refractivity contribution < 1.29 is 9.90 Å². The molecule has 0 spiro atoms. The van der Waals surface area contributed by atoms with Gasteiger partial charge in [0.1, 0.15) is 5.82 Å². The van der Waals surface area contributed by atoms with Crippen molar-refractivity contribution in [1.29, 1.82) is 0 Å². The first-order valence-electron chi connectivity index (χ1n) is 5.69. The number of rotatable bonds is 4. The Hall–Kier alpha value is -2.30. The molecule has 0 saturated heterocycles. The summed E-state index contributed by atoms with van der Waals surface area (Å²) >= 11 is 0. The van der Waals surface area contributed by atoms with Crippen LogP contribution in [0.1, 0.15) is 17.5 Å². The number of carboxylic acid groups (broad SMARTS) is 1. The number of benzene rings is 1. The van der Waals surface area contributed by atoms with E-state index in [9.17, 15) is 4.79 Å². The standard InChI is InChI=1S/C13H15N3O2/c1-9-2-5-11(6-3-9)16-13(14)10(8-15-16)4-7-12(17)18/h2-3,5-6,8H,4,7,14H2,1H3,(H,17,18). The molecule has 0 atom stereocenters. The zero-order chi connectivity index (χ0) is 13.1. The number of nitrogens with zero attached hydrogens (tertiary/aromatic N) is 2. The molecule has 94 valence electrons. The van der Waals surface area contributed by atoms with E-state index in [4.69, 9.17) is 10.8 Å². The highest BCUT2D eigenvalue weighted by atomic mass is 16.4. The minimum Gasteiger partial charge on any atom is -0.481 e. The summed E-state index contributed by atoms with van der Waals surface area (Å²) in [6.07, 6.45) is 2.08. The van der Waals surface area contributed by atoms with Crippen LogP contribution in [-0.4, -0.2) is 20.9 Å². The third-order valence-corrected chi connectivity index (χ3v) is 2.77. The highest BCUT2D eigenvalue weighted by molar-refractivity contribution is 5.67. The number of aromatic nitrogens is 2. The van der Waals surface area contributed by atoms with E-state index in [0.717, 1.165) is 16.8 Å². The Morgan fingerprint density at radius 2 is 2.06 bits per heavy atom. The molecule has 2 aromatic rings. The fourth-order valence-electron chi connectivity index (χ4n) is 1.72. The molecule has 0 aliphatic carbocycles. The van der Waals surface area contributed by atoms with Gasteiger partial charge in [0, 0.05) is 12.0 Å². The first-order valence-corrected chi connectivity index (χ1v) is 5.69. The van der Waals surface area contributed by atoms with E-state index in [1.807, 2.05) is 31.2 Å². The molecule has 0 fully saturated rings. The molecule has 0 aliphatic rings. The lowest BCUT2D eigenvalue weighted by Gasteiger charge is -2.05. The molecule has 0 amide bonds. The number of carbonyl (C=O) groups is 1. The monoisotopic (exact) mass is 245 g/mol. The number of carboxylic acids is 1. The molecular formula is C13H15N3O2. The molecular weight excluding hydrogens is 230 g/mol. The van der Waals surface area contributed by atoms with Gasteiger partial charge in [-0.25, -0.2) is 4.68 Å². The van der Waals surface area contributed by atoms with Crippen molar-refractivity contribution in [3.8, 4) is 5.69 Å². The summed E-state index contributed by atoms with van der Waals surface area (Å²) in [7, 11) is 0. The topological polar surface area (TPSA) is 81.1 Å². The van der Waals surface area contributed by atoms with Gasteiger partial charge in [-0.3, -0.25) is 4.79 Å². The van der Waals surface area contributed by atoms with Gasteiger partial charge in [-0.1, -0.05) is 17.7 Å². The molecule has 1 heterocycles. The molecule has 3 N–H and O–H groups in total. The number of anilines is 1. The predicted molar refractivity (Wildman–Crippen MR) is 68.7 cm³/mol. The summed E-state index contributed by atoms with van der Waals surface area (Å²) in [5.74, 6) is -0.336. The summed E-state index contributed by atoms with van der Waals surface area (Å²) in [6, 6.07) is 7.82. The lowest BCUT2D eigenvalue weighted by Crippen LogP contribution is -2.04. The maximum atomic E-state index is 10.5. The van der Waals surface area contributed by atoms with Crippen molar-refractivity contribution in [1.82, 2.24) is 9.78 Å². The van der Waals surface area contributed by atoms with Crippen LogP contribution in [0.15, 0.2) is 30.5 Å². The molecule has 0 radical (unpaired) electrons. The number of nitrogen functional groups attached to an aromatic ring is 1. The maximum absolute atomic E-state index is 10.5. The minimum absolute atomic E-state index is 0.0593. The number of hydrogen-bond acceptors (Lipinski definition) is 3. The van der Waals surface area contributed by atoms with Gasteiger partial charge in [-0.15, -0.1) is 0 Å². The zero-order valence-electron chi connectivity index (χ0n) is 10.1. The van der Waals surface area contributed by atoms with Crippen molar-refractivity contribution in [3.05, 3.63) is 41.6 Å². The Balaban J connectivity index is 2.25. The van der Waals surface area contributed by atoms with Crippen molar-refractivity contribution in [2.24, 2.45) is 0 Å². The van der Waals surface area contributed by atoms with E-state index < -0.39 is 5.97 Å². The minimum atomic E-state index is -0.836. The zero-order valence-corrected chi connectivity index (χ0v) is 10.1. The van der Waals surface area contributed by atoms with Crippen LogP contribution in [0.3, 0.4) is 0 Å². The summed E-state index contributed by atoms with van der Waals surface area (Å²) in [4.78, 5) is 10.5. The van der Waals surface area contributed by atoms with E-state index in [0.29, 0.717) is 12.2 Å². The van der Waals surface area contributed by atoms with Crippen LogP contribution in [0.2, 0.25) is 0 Å². The Morgan fingerprint density at radius 3 is 2.67 bits per heavy atom. The van der Waals surface area contributed by atoms with Crippen LogP contribution >= 0.6 is 0 Å². The molecule has 1 aromatic carbocycles. The molecule has 0 bridgehead atoms. The molecule has 0 saturated carbocycles. The van der Waals surface area contributed by atoms with Gasteiger partial charge in [0.2, 0.25) is 0 Å². The van der Waals surface area contributed by atoms with Crippen LogP contribution in [0, 0.1) is 6.92 Å². The van der Waals surface area contributed by atoms with Gasteiger partial charge in [0.05, 0.1) is 11.9 Å². The molecule has 5 heteroatoms. The maximum Gasteiger partial charge on any atom is 0.303 e. The van der Waals surface area contributed by atoms with E-state index in [1.165, 1.54) is 0 Å². The Kier molecular flexibility index (Phi) is 3.32. The highest BCUT2D eigenvalue weighted by Gasteiger charge is 2.10. The number of aliphatic carboxylic acids is 1. The largest absolute Gasteiger partial charge is 0.481 e. The third kappa shape index (κ3) is 2.51. The molecule has 5 nitrogen and oxygen atoms in total. The smallest absolute Gasteiger partial charge is 0.303 e. The van der Waals surface area contributed by atoms with E-state index >= 15 is 0 Å². The molecule has 0 aliphatic heterocycles. The van der Waals surface area contributed by atoms with Gasteiger partial charge in [0.15, 0.2) is 0 Å². The summed E-state index contributed by atoms with van der Waals surface area (Å²) < 4.78 is 1.62. The van der Waals surface area contributed by atoms with E-state index in [2.05, 4.69) is 5.10 Å². The molecule has 18 heavy (non-hydrogen) atoms. The average molecular weight is 245 g/mol. The van der Waals surface area contributed by atoms with Crippen LogP contribution in [-0.2, 0) is 11.2 Å². The molecule has 2 rings (SSSR count). The van der Waals surface area contributed by atoms with Crippen molar-refractivity contribution in [2.45, 2.75) is 19.8 Å². The number of hydrogen-bond donors (Lipinski definition) is 2. The average Bonchev–Trinajstić information content (AvgIpc) is 2.69. The second-order valence-corrected chi connectivity index (χ2v) is 4.20. The second-order valence-electron chi connectivity index (χ2n) is 4.20. The summed E-state index contributed by atoms with van der Waals surface area (Å²) in [6.45, 7) is 2.01. The van der Waals surface area contributed by atoms with Crippen LogP contribution in [0.4, 0.5) is 5.82 Å². The van der Waals surface area contributed by atoms with Crippen LogP contribution in [0.5, 0.6) is 0 Å². The van der Waals surface area contributed by atoms with Crippen molar-refractivity contribution in [3.63, 3.8) is 0 Å². The van der Waals surface area contributed by atoms with Crippen molar-refractivity contribution >= 4 is 11.8 Å². The van der Waals surface area contributed by atoms with Gasteiger partial charge in [-0.05, 0) is 25.5 Å². The molecule has 0 unspecified atom stereocenters. The van der Waals surface area contributed by atoms with E-state index in [-0.39, 0.29) is 6.42 Å². The van der Waals surface area contributed by atoms with Crippen molar-refractivity contribution in [2.75, 3.05) is 5.73 Å². The fourth-order valence-corrected chi connectivity index (χ4v) is 1.72. The lowest BCUT2D eigenvalue weighted by molar-refractivity contribution is -0.136. The highest BCUT2D eigenvalue weighted by Crippen LogP contribution is 2.18. The van der Waals surface area contributed by atoms with E-state index in [1.54, 1.807) is 10.9 Å². The van der Waals surface area contributed by atoms with Crippen LogP contribution < -0.4 is 5.73 Å². The Morgan fingerprint density at radius 1 is 1.39 bits per heavy atom. The summed E-state index contributed by atoms with van der Waals surface area (Å²) in [5, 5.41) is 12.8. The third-order valence-electron chi connectivity index (χ3n) is 2.77. The fraction of sp³-hybridized carbons (Fsp3) is 0.231. The Bertz CT molecular complexity index is 558. The van der Waals surface area contributed by atoms with Crippen LogP contribution in [0.25, 0.3) is 5.69 Å². The van der Waals surface area contributed by atoms with Gasteiger partial charge < -0.3 is 10.8 Å².